The van der Waals surface area contributed by atoms with E-state index in [0.29, 0.717) is 6.42 Å². The van der Waals surface area contributed by atoms with Gasteiger partial charge in [0.15, 0.2) is 0 Å². The van der Waals surface area contributed by atoms with E-state index in [1.54, 1.807) is 0 Å². The Hall–Kier alpha value is -1.88. The second-order valence-corrected chi connectivity index (χ2v) is 4.19. The van der Waals surface area contributed by atoms with Crippen molar-refractivity contribution in [3.8, 4) is 0 Å². The number of hydrogen-bond donors (Lipinski definition) is 2. The van der Waals surface area contributed by atoms with Crippen LogP contribution in [0, 0.1) is 6.92 Å². The number of carboxylic acid groups (broad SMARTS) is 1. The lowest BCUT2D eigenvalue weighted by molar-refractivity contribution is -0.138. The Bertz CT molecular complexity index is 574. The number of aromatic nitrogens is 2. The first-order chi connectivity index (χ1) is 7.99. The molecule has 3 N–H and O–H groups in total. The van der Waals surface area contributed by atoms with Crippen LogP contribution >= 0.6 is 0 Å². The van der Waals surface area contributed by atoms with Crippen molar-refractivity contribution in [2.45, 2.75) is 19.4 Å². The molecule has 0 saturated heterocycles. The van der Waals surface area contributed by atoms with E-state index in [1.807, 2.05) is 36.7 Å². The molecule has 0 saturated carbocycles. The number of carbonyl (C=O) groups is 1. The van der Waals surface area contributed by atoms with Crippen LogP contribution in [0.25, 0.3) is 11.0 Å². The number of benzene rings is 1. The van der Waals surface area contributed by atoms with Crippen LogP contribution in [0.15, 0.2) is 18.2 Å². The smallest absolute Gasteiger partial charge is 0.320 e. The molecule has 17 heavy (non-hydrogen) atoms. The highest BCUT2D eigenvalue weighted by Gasteiger charge is 2.13. The number of carboxylic acids is 1. The second kappa shape index (κ2) is 4.18. The van der Waals surface area contributed by atoms with Crippen LogP contribution < -0.4 is 5.73 Å². The van der Waals surface area contributed by atoms with Crippen molar-refractivity contribution in [2.75, 3.05) is 0 Å². The minimum absolute atomic E-state index is 0.329. The highest BCUT2D eigenvalue weighted by atomic mass is 16.4. The Balaban J connectivity index is 2.37. The molecule has 0 fully saturated rings. The summed E-state index contributed by atoms with van der Waals surface area (Å²) < 4.78 is 1.98. The van der Waals surface area contributed by atoms with E-state index in [0.717, 1.165) is 22.4 Å². The topological polar surface area (TPSA) is 81.1 Å². The van der Waals surface area contributed by atoms with Crippen molar-refractivity contribution in [1.82, 2.24) is 9.55 Å². The van der Waals surface area contributed by atoms with E-state index in [9.17, 15) is 4.79 Å². The lowest BCUT2D eigenvalue weighted by Crippen LogP contribution is -2.32. The summed E-state index contributed by atoms with van der Waals surface area (Å²) in [4.78, 5) is 15.1. The summed E-state index contributed by atoms with van der Waals surface area (Å²) in [5.74, 6) is -0.0500. The highest BCUT2D eigenvalue weighted by molar-refractivity contribution is 5.78. The number of aliphatic carboxylic acids is 1. The molecule has 1 aromatic carbocycles. The van der Waals surface area contributed by atoms with Crippen LogP contribution in [0.1, 0.15) is 11.4 Å². The standard InChI is InChI=1S/C12H15N3O2/c1-7-14-10-4-3-8(5-9(13)12(16)17)6-11(10)15(7)2/h3-4,6,9H,5,13H2,1-2H3,(H,16,17). The van der Waals surface area contributed by atoms with Gasteiger partial charge in [0.05, 0.1) is 11.0 Å². The Morgan fingerprint density at radius 2 is 2.29 bits per heavy atom. The van der Waals surface area contributed by atoms with Gasteiger partial charge in [0.1, 0.15) is 11.9 Å². The Kier molecular flexibility index (Phi) is 2.85. The first-order valence-corrected chi connectivity index (χ1v) is 5.39. The number of aryl methyl sites for hydroxylation is 2. The molecule has 90 valence electrons. The summed E-state index contributed by atoms with van der Waals surface area (Å²) in [5, 5.41) is 8.77. The molecule has 2 aromatic rings. The quantitative estimate of drug-likeness (QED) is 0.823. The third kappa shape index (κ3) is 2.14. The third-order valence-corrected chi connectivity index (χ3v) is 2.94. The van der Waals surface area contributed by atoms with Gasteiger partial charge < -0.3 is 15.4 Å². The molecular weight excluding hydrogens is 218 g/mol. The van der Waals surface area contributed by atoms with Crippen LogP contribution in [-0.2, 0) is 18.3 Å². The number of imidazole rings is 1. The largest absolute Gasteiger partial charge is 0.480 e. The van der Waals surface area contributed by atoms with Gasteiger partial charge in [-0.25, -0.2) is 4.98 Å². The molecule has 5 heteroatoms. The molecule has 0 amide bonds. The predicted octanol–water partition coefficient (Wildman–Crippen LogP) is 0.836. The normalized spacial score (nSPS) is 12.9. The predicted molar refractivity (Wildman–Crippen MR) is 64.8 cm³/mol. The fraction of sp³-hybridized carbons (Fsp3) is 0.333. The van der Waals surface area contributed by atoms with Crippen molar-refractivity contribution in [2.24, 2.45) is 12.8 Å². The Morgan fingerprint density at radius 3 is 2.94 bits per heavy atom. The zero-order valence-electron chi connectivity index (χ0n) is 9.84. The summed E-state index contributed by atoms with van der Waals surface area (Å²) in [6, 6.07) is 4.85. The molecule has 0 aliphatic heterocycles. The first kappa shape index (κ1) is 11.6. The monoisotopic (exact) mass is 233 g/mol. The van der Waals surface area contributed by atoms with Gasteiger partial charge in [-0.2, -0.15) is 0 Å². The van der Waals surface area contributed by atoms with Gasteiger partial charge >= 0.3 is 5.97 Å². The van der Waals surface area contributed by atoms with E-state index < -0.39 is 12.0 Å². The lowest BCUT2D eigenvalue weighted by atomic mass is 10.1. The zero-order chi connectivity index (χ0) is 12.6. The summed E-state index contributed by atoms with van der Waals surface area (Å²) in [7, 11) is 1.94. The lowest BCUT2D eigenvalue weighted by Gasteiger charge is -2.06. The van der Waals surface area contributed by atoms with Gasteiger partial charge in [0, 0.05) is 7.05 Å². The van der Waals surface area contributed by atoms with E-state index in [4.69, 9.17) is 10.8 Å². The third-order valence-electron chi connectivity index (χ3n) is 2.94. The summed E-state index contributed by atoms with van der Waals surface area (Å²) in [5.41, 5.74) is 8.34. The molecule has 0 spiro atoms. The van der Waals surface area contributed by atoms with Crippen molar-refractivity contribution in [1.29, 1.82) is 0 Å². The average molecular weight is 233 g/mol. The molecule has 0 aliphatic carbocycles. The van der Waals surface area contributed by atoms with E-state index >= 15 is 0 Å². The van der Waals surface area contributed by atoms with Crippen molar-refractivity contribution >= 4 is 17.0 Å². The molecular formula is C12H15N3O2. The summed E-state index contributed by atoms with van der Waals surface area (Å²) >= 11 is 0. The van der Waals surface area contributed by atoms with Crippen LogP contribution in [0.2, 0.25) is 0 Å². The summed E-state index contributed by atoms with van der Waals surface area (Å²) in [6.45, 7) is 1.93. The minimum atomic E-state index is -0.980. The summed E-state index contributed by atoms with van der Waals surface area (Å²) in [6.07, 6.45) is 0.329. The maximum absolute atomic E-state index is 10.7. The Morgan fingerprint density at radius 1 is 1.59 bits per heavy atom. The highest BCUT2D eigenvalue weighted by Crippen LogP contribution is 2.17. The second-order valence-electron chi connectivity index (χ2n) is 4.19. The molecule has 1 heterocycles. The van der Waals surface area contributed by atoms with Crippen molar-refractivity contribution in [3.63, 3.8) is 0 Å². The van der Waals surface area contributed by atoms with Gasteiger partial charge in [0.2, 0.25) is 0 Å². The van der Waals surface area contributed by atoms with Crippen molar-refractivity contribution in [3.05, 3.63) is 29.6 Å². The number of nitrogens with two attached hydrogens (primary N) is 1. The van der Waals surface area contributed by atoms with Gasteiger partial charge in [-0.15, -0.1) is 0 Å². The van der Waals surface area contributed by atoms with Crippen LogP contribution in [0.4, 0.5) is 0 Å². The number of nitrogens with zero attached hydrogens (tertiary/aromatic N) is 2. The van der Waals surface area contributed by atoms with Crippen LogP contribution in [0.5, 0.6) is 0 Å². The van der Waals surface area contributed by atoms with Crippen LogP contribution in [-0.4, -0.2) is 26.7 Å². The molecule has 2 rings (SSSR count). The van der Waals surface area contributed by atoms with Gasteiger partial charge in [-0.1, -0.05) is 6.07 Å². The minimum Gasteiger partial charge on any atom is -0.480 e. The maximum Gasteiger partial charge on any atom is 0.320 e. The SMILES string of the molecule is Cc1nc2ccc(CC(N)C(=O)O)cc2n1C. The average Bonchev–Trinajstić information content (AvgIpc) is 2.55. The van der Waals surface area contributed by atoms with Crippen LogP contribution in [0.3, 0.4) is 0 Å². The van der Waals surface area contributed by atoms with Gasteiger partial charge in [-0.05, 0) is 31.0 Å². The number of fused-ring (bicyclic) bond motifs is 1. The molecule has 0 radical (unpaired) electrons. The molecule has 1 unspecified atom stereocenters. The van der Waals surface area contributed by atoms with Crippen molar-refractivity contribution < 1.29 is 9.90 Å². The van der Waals surface area contributed by atoms with E-state index in [-0.39, 0.29) is 0 Å². The van der Waals surface area contributed by atoms with Gasteiger partial charge in [0.25, 0.3) is 0 Å². The maximum atomic E-state index is 10.7. The molecule has 1 atom stereocenters. The molecule has 0 aliphatic rings. The first-order valence-electron chi connectivity index (χ1n) is 5.39. The molecule has 5 nitrogen and oxygen atoms in total. The number of rotatable bonds is 3. The van der Waals surface area contributed by atoms with Gasteiger partial charge in [-0.3, -0.25) is 4.79 Å². The van der Waals surface area contributed by atoms with E-state index in [1.165, 1.54) is 0 Å². The fourth-order valence-electron chi connectivity index (χ4n) is 1.82. The fourth-order valence-corrected chi connectivity index (χ4v) is 1.82. The Labute approximate surface area is 98.9 Å². The van der Waals surface area contributed by atoms with E-state index in [2.05, 4.69) is 4.98 Å². The zero-order valence-corrected chi connectivity index (χ0v) is 9.84. The number of hydrogen-bond acceptors (Lipinski definition) is 3. The molecule has 1 aromatic heterocycles. The molecule has 0 bridgehead atoms.